The second-order valence-electron chi connectivity index (χ2n) is 9.25. The maximum Gasteiger partial charge on any atom is 0.243 e. The van der Waals surface area contributed by atoms with Gasteiger partial charge in [-0.25, -0.2) is 13.8 Å². The van der Waals surface area contributed by atoms with Gasteiger partial charge in [-0.2, -0.15) is 0 Å². The van der Waals surface area contributed by atoms with E-state index in [1.807, 2.05) is 43.0 Å². The van der Waals surface area contributed by atoms with Gasteiger partial charge >= 0.3 is 0 Å². The summed E-state index contributed by atoms with van der Waals surface area (Å²) in [4.78, 5) is 32.0. The zero-order valence-corrected chi connectivity index (χ0v) is 20.1. The van der Waals surface area contributed by atoms with E-state index in [1.54, 1.807) is 11.7 Å². The lowest BCUT2D eigenvalue weighted by molar-refractivity contribution is -0.131. The number of imidazole rings is 1. The van der Waals surface area contributed by atoms with Crippen LogP contribution in [-0.2, 0) is 16.0 Å². The molecule has 0 bridgehead atoms. The van der Waals surface area contributed by atoms with Crippen LogP contribution < -0.4 is 10.1 Å². The van der Waals surface area contributed by atoms with E-state index in [-0.39, 0.29) is 30.2 Å². The highest BCUT2D eigenvalue weighted by atomic mass is 19.2. The molecule has 1 aromatic heterocycles. The molecule has 1 fully saturated rings. The summed E-state index contributed by atoms with van der Waals surface area (Å²) < 4.78 is 34.4. The van der Waals surface area contributed by atoms with Crippen molar-refractivity contribution in [3.8, 4) is 5.75 Å². The molecule has 4 rings (SSSR count). The second-order valence-corrected chi connectivity index (χ2v) is 9.25. The molecule has 2 heterocycles. The molecule has 3 aromatic rings. The van der Waals surface area contributed by atoms with E-state index in [0.717, 1.165) is 17.7 Å². The first-order valence-corrected chi connectivity index (χ1v) is 11.8. The molecule has 1 saturated heterocycles. The molecule has 7 nitrogen and oxygen atoms in total. The van der Waals surface area contributed by atoms with Gasteiger partial charge in [0.2, 0.25) is 11.8 Å². The molecule has 0 aliphatic carbocycles. The Labute approximate surface area is 203 Å². The van der Waals surface area contributed by atoms with E-state index in [9.17, 15) is 18.4 Å². The minimum atomic E-state index is -0.979. The summed E-state index contributed by atoms with van der Waals surface area (Å²) in [6.45, 7) is 4.89. The number of piperidine rings is 1. The first kappa shape index (κ1) is 24.6. The van der Waals surface area contributed by atoms with Crippen molar-refractivity contribution in [2.75, 3.05) is 20.2 Å². The number of halogens is 2. The van der Waals surface area contributed by atoms with E-state index in [0.29, 0.717) is 42.7 Å². The highest BCUT2D eigenvalue weighted by Gasteiger charge is 2.30. The molecule has 35 heavy (non-hydrogen) atoms. The maximum atomic E-state index is 13.9. The summed E-state index contributed by atoms with van der Waals surface area (Å²) >= 11 is 0. The van der Waals surface area contributed by atoms with Crippen molar-refractivity contribution in [1.29, 1.82) is 0 Å². The molecule has 1 N–H and O–H groups in total. The van der Waals surface area contributed by atoms with Gasteiger partial charge in [0.15, 0.2) is 11.6 Å². The van der Waals surface area contributed by atoms with Crippen LogP contribution in [0.5, 0.6) is 5.75 Å². The van der Waals surface area contributed by atoms with Crippen LogP contribution in [0, 0.1) is 17.6 Å². The van der Waals surface area contributed by atoms with Crippen LogP contribution in [0.2, 0.25) is 0 Å². The molecule has 1 unspecified atom stereocenters. The smallest absolute Gasteiger partial charge is 0.243 e. The van der Waals surface area contributed by atoms with Gasteiger partial charge in [0.05, 0.1) is 30.9 Å². The fraction of sp³-hybridized carbons (Fsp3) is 0.423. The van der Waals surface area contributed by atoms with Crippen molar-refractivity contribution in [3.63, 3.8) is 0 Å². The van der Waals surface area contributed by atoms with Gasteiger partial charge in [-0.3, -0.25) is 9.59 Å². The lowest BCUT2D eigenvalue weighted by Gasteiger charge is -2.34. The number of nitrogens with zero attached hydrogens (tertiary/aromatic N) is 3. The van der Waals surface area contributed by atoms with Gasteiger partial charge in [0.1, 0.15) is 11.8 Å². The molecule has 2 aromatic carbocycles. The number of carbonyl (C=O) groups is 2. The van der Waals surface area contributed by atoms with Gasteiger partial charge in [0, 0.05) is 36.8 Å². The number of aromatic nitrogens is 2. The van der Waals surface area contributed by atoms with Crippen molar-refractivity contribution in [2.24, 2.45) is 5.92 Å². The van der Waals surface area contributed by atoms with Crippen LogP contribution in [0.1, 0.15) is 38.3 Å². The van der Waals surface area contributed by atoms with Gasteiger partial charge < -0.3 is 19.5 Å². The normalized spacial score (nSPS) is 15.4. The van der Waals surface area contributed by atoms with Gasteiger partial charge in [-0.15, -0.1) is 0 Å². The monoisotopic (exact) mass is 484 g/mol. The fourth-order valence-electron chi connectivity index (χ4n) is 4.68. The molecule has 0 saturated carbocycles. The lowest BCUT2D eigenvalue weighted by Crippen LogP contribution is -2.48. The predicted octanol–water partition coefficient (Wildman–Crippen LogP) is 3.87. The number of para-hydroxylation sites is 1. The molecule has 186 valence electrons. The summed E-state index contributed by atoms with van der Waals surface area (Å²) in [6, 6.07) is 8.87. The van der Waals surface area contributed by atoms with Crippen LogP contribution in [0.25, 0.3) is 11.0 Å². The lowest BCUT2D eigenvalue weighted by atomic mass is 9.99. The van der Waals surface area contributed by atoms with Crippen LogP contribution in [-0.4, -0.2) is 52.5 Å². The summed E-state index contributed by atoms with van der Waals surface area (Å²) in [5, 5.41) is 3.09. The molecule has 1 aliphatic rings. The summed E-state index contributed by atoms with van der Waals surface area (Å²) in [6.07, 6.45) is 2.99. The zero-order valence-electron chi connectivity index (χ0n) is 20.1. The number of methoxy groups -OCH3 is 1. The quantitative estimate of drug-likeness (QED) is 0.553. The van der Waals surface area contributed by atoms with Crippen molar-refractivity contribution in [2.45, 2.75) is 45.2 Å². The number of likely N-dealkylation sites (tertiary alicyclic amines) is 1. The molecule has 1 aliphatic heterocycles. The van der Waals surface area contributed by atoms with Gasteiger partial charge in [-0.05, 0) is 24.8 Å². The van der Waals surface area contributed by atoms with Gasteiger partial charge in [0.25, 0.3) is 0 Å². The Morgan fingerprint density at radius 2 is 1.83 bits per heavy atom. The van der Waals surface area contributed by atoms with E-state index >= 15 is 0 Å². The number of ether oxygens (including phenoxy) is 1. The second kappa shape index (κ2) is 10.4. The Kier molecular flexibility index (Phi) is 7.33. The van der Waals surface area contributed by atoms with Crippen molar-refractivity contribution in [3.05, 3.63) is 59.9 Å². The Balaban J connectivity index is 1.39. The van der Waals surface area contributed by atoms with Gasteiger partial charge in [-0.1, -0.05) is 32.0 Å². The largest absolute Gasteiger partial charge is 0.496 e. The molecule has 1 atom stereocenters. The van der Waals surface area contributed by atoms with E-state index in [2.05, 4.69) is 10.3 Å². The summed E-state index contributed by atoms with van der Waals surface area (Å²) in [5.74, 6) is -1.55. The number of carbonyl (C=O) groups excluding carboxylic acids is 2. The number of amides is 2. The Hall–Kier alpha value is -3.49. The fourth-order valence-corrected chi connectivity index (χ4v) is 4.68. The zero-order chi connectivity index (χ0) is 25.1. The minimum absolute atomic E-state index is 0.0264. The molecule has 0 spiro atoms. The van der Waals surface area contributed by atoms with Crippen LogP contribution in [0.3, 0.4) is 0 Å². The SMILES string of the molecule is COc1ccccc1CC(=O)N1CCC(NC(=O)C(C(C)C)n2cnc3cc(F)c(F)cc32)CC1. The third-order valence-corrected chi connectivity index (χ3v) is 6.54. The average molecular weight is 485 g/mol. The van der Waals surface area contributed by atoms with Crippen molar-refractivity contribution < 1.29 is 23.1 Å². The van der Waals surface area contributed by atoms with E-state index in [4.69, 9.17) is 4.74 Å². The summed E-state index contributed by atoms with van der Waals surface area (Å²) in [7, 11) is 1.59. The molecule has 9 heteroatoms. The third-order valence-electron chi connectivity index (χ3n) is 6.54. The first-order chi connectivity index (χ1) is 16.8. The molecule has 2 amide bonds. The van der Waals surface area contributed by atoms with Crippen LogP contribution in [0.4, 0.5) is 8.78 Å². The highest BCUT2D eigenvalue weighted by Crippen LogP contribution is 2.26. The van der Waals surface area contributed by atoms with Crippen molar-refractivity contribution in [1.82, 2.24) is 19.8 Å². The number of nitrogens with one attached hydrogen (secondary N) is 1. The number of hydrogen-bond donors (Lipinski definition) is 1. The van der Waals surface area contributed by atoms with Crippen LogP contribution in [0.15, 0.2) is 42.7 Å². The predicted molar refractivity (Wildman–Crippen MR) is 128 cm³/mol. The van der Waals surface area contributed by atoms with Crippen LogP contribution >= 0.6 is 0 Å². The number of fused-ring (bicyclic) bond motifs is 1. The average Bonchev–Trinajstić information content (AvgIpc) is 3.21. The Morgan fingerprint density at radius 3 is 2.51 bits per heavy atom. The molecular weight excluding hydrogens is 454 g/mol. The standard InChI is InChI=1S/C26H30F2N4O3/c1-16(2)25(32-15-29-21-13-19(27)20(28)14-22(21)32)26(34)30-18-8-10-31(11-9-18)24(33)12-17-6-4-5-7-23(17)35-3/h4-7,13-16,18,25H,8-12H2,1-3H3,(H,30,34). The highest BCUT2D eigenvalue weighted by molar-refractivity contribution is 5.84. The number of hydrogen-bond acceptors (Lipinski definition) is 4. The molecule has 0 radical (unpaired) electrons. The number of rotatable bonds is 7. The molecular formula is C26H30F2N4O3. The van der Waals surface area contributed by atoms with E-state index in [1.165, 1.54) is 6.33 Å². The first-order valence-electron chi connectivity index (χ1n) is 11.8. The topological polar surface area (TPSA) is 76.5 Å². The number of benzene rings is 2. The summed E-state index contributed by atoms with van der Waals surface area (Å²) in [5.41, 5.74) is 1.51. The minimum Gasteiger partial charge on any atom is -0.496 e. The maximum absolute atomic E-state index is 13.9. The Bertz CT molecular complexity index is 1220. The third kappa shape index (κ3) is 5.28. The Morgan fingerprint density at radius 1 is 1.14 bits per heavy atom. The van der Waals surface area contributed by atoms with E-state index < -0.39 is 17.7 Å². The van der Waals surface area contributed by atoms with Crippen molar-refractivity contribution >= 4 is 22.8 Å².